The van der Waals surface area contributed by atoms with Gasteiger partial charge in [-0.15, -0.1) is 12.4 Å². The van der Waals surface area contributed by atoms with Gasteiger partial charge in [0.1, 0.15) is 11.5 Å². The van der Waals surface area contributed by atoms with Crippen LogP contribution < -0.4 is 31.2 Å². The molecule has 0 aliphatic carbocycles. The topological polar surface area (TPSA) is 180 Å². The standard InChI is InChI=1S/C21H22F2N2O5.C16H14F2N2O2.C4H10O2.CH4.ClH/c1-28-9-3-10-30-21(27)25-18-8-11-29-19-14(18)4-2-5-15(19)20(26)24-13-6-7-16(22)17(23)12-13;17-12-5-4-9(8-13(12)18)20-16(21)11-3-1-2-10-14(19)6-7-22-15(10)11;1-6-4-2-3-5;;/h2,4-7,12,18H,3,8-11H2,1H3,(H,24,26)(H,25,27);1-5,8,14H,6-7,19H2,(H,20,21);5H,2-4H2,1H3;1H4;1H. The minimum atomic E-state index is -1.06. The van der Waals surface area contributed by atoms with Crippen molar-refractivity contribution in [1.29, 1.82) is 0 Å². The molecule has 18 heteroatoms. The van der Waals surface area contributed by atoms with E-state index in [1.165, 1.54) is 12.1 Å². The van der Waals surface area contributed by atoms with E-state index in [4.69, 9.17) is 29.8 Å². The zero-order valence-corrected chi connectivity index (χ0v) is 33.2. The van der Waals surface area contributed by atoms with E-state index in [0.717, 1.165) is 36.2 Å². The molecular formula is C42H51ClF4N4O9. The molecule has 6 rings (SSSR count). The van der Waals surface area contributed by atoms with Gasteiger partial charge >= 0.3 is 6.09 Å². The number of nitrogens with one attached hydrogen (secondary N) is 3. The molecule has 0 spiro atoms. The molecule has 0 aromatic heterocycles. The lowest BCUT2D eigenvalue weighted by molar-refractivity contribution is 0.101. The normalized spacial score (nSPS) is 14.5. The number of hydrogen-bond donors (Lipinski definition) is 5. The summed E-state index contributed by atoms with van der Waals surface area (Å²) in [6.45, 7) is 2.33. The van der Waals surface area contributed by atoms with Gasteiger partial charge in [0.25, 0.3) is 11.8 Å². The van der Waals surface area contributed by atoms with E-state index >= 15 is 0 Å². The molecule has 3 amide bonds. The highest BCUT2D eigenvalue weighted by atomic mass is 35.5. The quantitative estimate of drug-likeness (QED) is 0.0695. The van der Waals surface area contributed by atoms with Crippen molar-refractivity contribution in [2.24, 2.45) is 5.73 Å². The summed E-state index contributed by atoms with van der Waals surface area (Å²) in [5.41, 5.74) is 8.22. The first-order chi connectivity index (χ1) is 28.0. The lowest BCUT2D eigenvalue weighted by atomic mass is 9.97. The zero-order chi connectivity index (χ0) is 42.0. The number of rotatable bonds is 12. The Labute approximate surface area is 352 Å². The third kappa shape index (κ3) is 14.7. The van der Waals surface area contributed by atoms with Gasteiger partial charge in [-0.05, 0) is 42.8 Å². The molecule has 0 saturated carbocycles. The van der Waals surface area contributed by atoms with E-state index in [1.54, 1.807) is 44.6 Å². The molecule has 0 radical (unpaired) electrons. The number of alkyl carbamates (subject to hydrolysis) is 1. The predicted molar refractivity (Wildman–Crippen MR) is 220 cm³/mol. The number of hydrogen-bond acceptors (Lipinski definition) is 10. The maximum Gasteiger partial charge on any atom is 0.407 e. The number of anilines is 2. The van der Waals surface area contributed by atoms with Crippen molar-refractivity contribution < 1.29 is 60.7 Å². The monoisotopic (exact) mass is 866 g/mol. The molecule has 0 fully saturated rings. The van der Waals surface area contributed by atoms with Crippen LogP contribution in [0.15, 0.2) is 72.8 Å². The summed E-state index contributed by atoms with van der Waals surface area (Å²) in [5, 5.41) is 15.9. The summed E-state index contributed by atoms with van der Waals surface area (Å²) in [7, 11) is 3.19. The molecule has 6 N–H and O–H groups in total. The lowest BCUT2D eigenvalue weighted by Crippen LogP contribution is -2.33. The third-order valence-electron chi connectivity index (χ3n) is 8.56. The van der Waals surface area contributed by atoms with Crippen LogP contribution in [-0.2, 0) is 14.2 Å². The summed E-state index contributed by atoms with van der Waals surface area (Å²) < 4.78 is 78.5. The number of fused-ring (bicyclic) bond motifs is 2. The number of para-hydroxylation sites is 2. The van der Waals surface area contributed by atoms with E-state index in [9.17, 15) is 31.9 Å². The van der Waals surface area contributed by atoms with Gasteiger partial charge in [0, 0.05) is 94.0 Å². The average Bonchev–Trinajstić information content (AvgIpc) is 3.22. The van der Waals surface area contributed by atoms with Gasteiger partial charge in [-0.25, -0.2) is 22.4 Å². The van der Waals surface area contributed by atoms with Gasteiger partial charge in [0.2, 0.25) is 0 Å². The van der Waals surface area contributed by atoms with Crippen LogP contribution in [0.3, 0.4) is 0 Å². The number of benzene rings is 4. The Morgan fingerprint density at radius 3 is 1.72 bits per heavy atom. The number of carbonyl (C=O) groups is 3. The molecule has 2 aliphatic heterocycles. The van der Waals surface area contributed by atoms with E-state index in [1.807, 2.05) is 6.07 Å². The minimum absolute atomic E-state index is 0. The number of aliphatic hydroxyl groups is 1. The summed E-state index contributed by atoms with van der Waals surface area (Å²) in [4.78, 5) is 37.1. The van der Waals surface area contributed by atoms with Crippen molar-refractivity contribution in [3.05, 3.63) is 118 Å². The van der Waals surface area contributed by atoms with Gasteiger partial charge in [-0.3, -0.25) is 9.59 Å². The molecule has 0 saturated heterocycles. The van der Waals surface area contributed by atoms with Gasteiger partial charge in [-0.2, -0.15) is 0 Å². The first kappa shape index (κ1) is 50.7. The fourth-order valence-corrected chi connectivity index (χ4v) is 5.69. The highest BCUT2D eigenvalue weighted by Gasteiger charge is 2.28. The predicted octanol–water partition coefficient (Wildman–Crippen LogP) is 7.88. The maximum atomic E-state index is 13.4. The Kier molecular flexibility index (Phi) is 21.9. The molecule has 60 heavy (non-hydrogen) atoms. The summed E-state index contributed by atoms with van der Waals surface area (Å²) in [6, 6.07) is 15.8. The van der Waals surface area contributed by atoms with Crippen molar-refractivity contribution in [2.75, 3.05) is 64.5 Å². The first-order valence-electron chi connectivity index (χ1n) is 18.3. The smallest absolute Gasteiger partial charge is 0.407 e. The summed E-state index contributed by atoms with van der Waals surface area (Å²) >= 11 is 0. The minimum Gasteiger partial charge on any atom is -0.492 e. The lowest BCUT2D eigenvalue weighted by Gasteiger charge is -2.27. The molecule has 4 aromatic carbocycles. The van der Waals surface area contributed by atoms with Crippen LogP contribution in [0.25, 0.3) is 0 Å². The van der Waals surface area contributed by atoms with Crippen molar-refractivity contribution in [1.82, 2.24) is 5.32 Å². The Balaban J connectivity index is 0.000000364. The van der Waals surface area contributed by atoms with Crippen LogP contribution in [0.5, 0.6) is 11.5 Å². The van der Waals surface area contributed by atoms with Crippen LogP contribution in [0.2, 0.25) is 0 Å². The maximum absolute atomic E-state index is 13.4. The Morgan fingerprint density at radius 2 is 1.22 bits per heavy atom. The van der Waals surface area contributed by atoms with Crippen LogP contribution in [0.1, 0.15) is 77.0 Å². The number of carbonyl (C=O) groups excluding carboxylic acids is 3. The number of amides is 3. The Hall–Kier alpha value is -5.46. The van der Waals surface area contributed by atoms with Crippen molar-refractivity contribution in [3.8, 4) is 11.5 Å². The fraction of sp³-hybridized carbons (Fsp3) is 0.357. The SMILES string of the molecule is C.COCCCO.COCCCOC(=O)NC1CCOc2c(C(=O)Nc3ccc(F)c(F)c3)cccc21.Cl.NC1CCOc2c(C(=O)Nc3ccc(F)c(F)c3)cccc21. The molecule has 2 unspecified atom stereocenters. The van der Waals surface area contributed by atoms with E-state index in [-0.39, 0.29) is 68.7 Å². The van der Waals surface area contributed by atoms with Crippen LogP contribution in [0, 0.1) is 23.3 Å². The third-order valence-corrected chi connectivity index (χ3v) is 8.56. The number of methoxy groups -OCH3 is 2. The molecule has 328 valence electrons. The Morgan fingerprint density at radius 1 is 0.717 bits per heavy atom. The van der Waals surface area contributed by atoms with Crippen LogP contribution in [0.4, 0.5) is 33.7 Å². The van der Waals surface area contributed by atoms with Crippen molar-refractivity contribution >= 4 is 41.7 Å². The average molecular weight is 867 g/mol. The molecule has 4 aromatic rings. The number of aliphatic hydroxyl groups excluding tert-OH is 1. The summed E-state index contributed by atoms with van der Waals surface area (Å²) in [6.07, 6.45) is 1.95. The zero-order valence-electron chi connectivity index (χ0n) is 32.4. The highest BCUT2D eigenvalue weighted by molar-refractivity contribution is 6.07. The Bertz CT molecular complexity index is 2010. The second-order valence-electron chi connectivity index (χ2n) is 12.7. The molecular weight excluding hydrogens is 816 g/mol. The second kappa shape index (κ2) is 25.9. The number of ether oxygens (including phenoxy) is 5. The fourth-order valence-electron chi connectivity index (χ4n) is 5.69. The van der Waals surface area contributed by atoms with E-state index in [2.05, 4.69) is 20.7 Å². The highest BCUT2D eigenvalue weighted by Crippen LogP contribution is 2.36. The molecule has 2 aliphatic rings. The molecule has 2 atom stereocenters. The van der Waals surface area contributed by atoms with Crippen molar-refractivity contribution in [3.63, 3.8) is 0 Å². The number of halogens is 5. The largest absolute Gasteiger partial charge is 0.492 e. The van der Waals surface area contributed by atoms with Gasteiger partial charge in [0.15, 0.2) is 23.3 Å². The van der Waals surface area contributed by atoms with E-state index in [0.29, 0.717) is 61.7 Å². The number of nitrogens with two attached hydrogens (primary N) is 1. The summed E-state index contributed by atoms with van der Waals surface area (Å²) in [5.74, 6) is -4.29. The first-order valence-corrected chi connectivity index (χ1v) is 18.3. The van der Waals surface area contributed by atoms with Gasteiger partial charge in [-0.1, -0.05) is 31.7 Å². The molecule has 0 bridgehead atoms. The van der Waals surface area contributed by atoms with Crippen LogP contribution >= 0.6 is 12.4 Å². The van der Waals surface area contributed by atoms with Crippen LogP contribution in [-0.4, -0.2) is 76.9 Å². The van der Waals surface area contributed by atoms with Gasteiger partial charge < -0.3 is 50.5 Å². The molecule has 13 nitrogen and oxygen atoms in total. The molecule has 2 heterocycles. The van der Waals surface area contributed by atoms with E-state index < -0.39 is 41.2 Å². The van der Waals surface area contributed by atoms with Gasteiger partial charge in [0.05, 0.1) is 37.0 Å². The second-order valence-corrected chi connectivity index (χ2v) is 12.7. The van der Waals surface area contributed by atoms with Crippen molar-refractivity contribution in [2.45, 2.75) is 45.2 Å².